The van der Waals surface area contributed by atoms with Gasteiger partial charge in [-0.1, -0.05) is 4.91 Å². The summed E-state index contributed by atoms with van der Waals surface area (Å²) in [7, 11) is -2.51. The summed E-state index contributed by atoms with van der Waals surface area (Å²) in [5.74, 6) is 0. The fourth-order valence-electron chi connectivity index (χ4n) is 0.0230. The summed E-state index contributed by atoms with van der Waals surface area (Å²) in [5, 5.41) is 1.56. The maximum absolute atomic E-state index is 9.05. The minimum atomic E-state index is -2.51. The van der Waals surface area contributed by atoms with Gasteiger partial charge in [-0.3, -0.25) is 0 Å². The summed E-state index contributed by atoms with van der Waals surface area (Å²) in [6, 6.07) is 0. The fourth-order valence-corrected chi connectivity index (χ4v) is 0.0690. The molecule has 0 spiro atoms. The third kappa shape index (κ3) is 10.8. The van der Waals surface area contributed by atoms with Crippen LogP contribution in [0.2, 0.25) is 0 Å². The van der Waals surface area contributed by atoms with Crippen LogP contribution in [0.25, 0.3) is 0 Å². The first-order valence-electron chi connectivity index (χ1n) is 0.828. The molecule has 0 fully saturated rings. The van der Waals surface area contributed by atoms with Gasteiger partial charge in [-0.05, 0) is 0 Å². The summed E-state index contributed by atoms with van der Waals surface area (Å²) in [4.78, 5) is 8.74. The zero-order chi connectivity index (χ0) is 4.99. The quantitative estimate of drug-likeness (QED) is 0.233. The minimum absolute atomic E-state index is 0. The van der Waals surface area contributed by atoms with Gasteiger partial charge in [0.15, 0.2) is 0 Å². The van der Waals surface area contributed by atoms with Gasteiger partial charge in [0.05, 0.1) is 4.39 Å². The Kier molecular flexibility index (Phi) is 9.98. The van der Waals surface area contributed by atoms with Crippen LogP contribution < -0.4 is 9.32 Å². The number of rotatable bonds is 2. The van der Waals surface area contributed by atoms with Gasteiger partial charge in [0, 0.05) is 0 Å². The summed E-state index contributed by atoms with van der Waals surface area (Å²) < 4.78 is 21.1. The molecule has 0 aliphatic carbocycles. The van der Waals surface area contributed by atoms with Gasteiger partial charge in [-0.15, -0.1) is 0 Å². The predicted molar refractivity (Wildman–Crippen MR) is 14.0 cm³/mol. The van der Waals surface area contributed by atoms with E-state index in [0.29, 0.717) is 0 Å². The van der Waals surface area contributed by atoms with E-state index in [1.807, 2.05) is 0 Å². The van der Waals surface area contributed by atoms with Crippen LogP contribution in [0.15, 0.2) is 5.34 Å². The van der Waals surface area contributed by atoms with Crippen LogP contribution in [0.4, 0.5) is 0 Å². The number of halogens is 1. The molecule has 0 radical (unpaired) electrons. The number of hydrogen-bond acceptors (Lipinski definition) is 5. The van der Waals surface area contributed by atoms with Gasteiger partial charge >= 0.3 is 40.3 Å². The monoisotopic (exact) mass is 137 g/mol. The normalized spacial score (nSPS) is 7.29. The van der Waals surface area contributed by atoms with Crippen molar-refractivity contribution in [3.8, 4) is 0 Å². The van der Waals surface area contributed by atoms with Gasteiger partial charge in [-0.2, -0.15) is 0 Å². The fraction of sp³-hybridized carbons (Fsp3) is 0. The molecule has 0 aliphatic rings. The topological polar surface area (TPSA) is 84.8 Å². The van der Waals surface area contributed by atoms with Crippen molar-refractivity contribution in [3.63, 3.8) is 0 Å². The van der Waals surface area contributed by atoms with Crippen LogP contribution in [0, 0.1) is 15.7 Å². The zero-order valence-corrected chi connectivity index (χ0v) is 3.21. The van der Waals surface area contributed by atoms with E-state index in [4.69, 9.17) is 14.2 Å². The average Bonchev–Trinajstić information content (AvgIpc) is 1.35. The Morgan fingerprint density at radius 3 is 2.00 bits per heavy atom. The van der Waals surface area contributed by atoms with E-state index < -0.39 is 10.8 Å². The van der Waals surface area contributed by atoms with Crippen LogP contribution in [0.1, 0.15) is 0 Å². The van der Waals surface area contributed by atoms with Gasteiger partial charge in [0.2, 0.25) is 0 Å². The van der Waals surface area contributed by atoms with Gasteiger partial charge in [0.25, 0.3) is 5.34 Å². The van der Waals surface area contributed by atoms with Crippen LogP contribution >= 0.6 is 0 Å². The van der Waals surface area contributed by atoms with E-state index in [1.165, 1.54) is 0 Å². The first-order chi connectivity index (χ1) is 2.77. The average molecular weight is 137 g/mol. The van der Waals surface area contributed by atoms with Crippen LogP contribution in [0.5, 0.6) is 0 Å². The molecule has 0 aromatic rings. The molecule has 0 heterocycles. The molecule has 0 unspecified atom stereocenters. The standard InChI is InChI=1S/ClNO4.Na.H/c3-1(4)6-2-5;;. The molecule has 0 N–H and O–H groups in total. The molecule has 0 aliphatic heterocycles. The van der Waals surface area contributed by atoms with Crippen molar-refractivity contribution in [2.24, 2.45) is 5.34 Å². The molecule has 0 saturated carbocycles. The molecule has 0 amide bonds. The van der Waals surface area contributed by atoms with Crippen molar-refractivity contribution in [2.45, 2.75) is 0 Å². The second-order valence-corrected chi connectivity index (χ2v) is 0.849. The van der Waals surface area contributed by atoms with Crippen LogP contribution in [-0.2, 0) is 4.39 Å². The van der Waals surface area contributed by atoms with E-state index in [0.717, 1.165) is 0 Å². The molecule has 0 saturated heterocycles. The Morgan fingerprint density at radius 1 is 1.57 bits per heavy atom. The summed E-state index contributed by atoms with van der Waals surface area (Å²) in [5.41, 5.74) is 0. The summed E-state index contributed by atoms with van der Waals surface area (Å²) >= 11 is 0. The van der Waals surface area contributed by atoms with Gasteiger partial charge in [-0.25, -0.2) is 0 Å². The SMILES string of the molecule is O=NO[Cl+2]([O-])[O-].[NaH]. The third-order valence-corrected chi connectivity index (χ3v) is 0.254. The van der Waals surface area contributed by atoms with Crippen molar-refractivity contribution in [1.82, 2.24) is 0 Å². The predicted octanol–water partition coefficient (Wildman–Crippen LogP) is -2.88. The molecule has 0 rings (SSSR count). The van der Waals surface area contributed by atoms with Crippen molar-refractivity contribution in [1.29, 1.82) is 0 Å². The second-order valence-electron chi connectivity index (χ2n) is 0.333. The summed E-state index contributed by atoms with van der Waals surface area (Å²) in [6.45, 7) is 0. The number of nitrogens with zero attached hydrogens (tertiary/aromatic N) is 1. The van der Waals surface area contributed by atoms with E-state index in [-0.39, 0.29) is 29.6 Å². The number of hydrogen-bond donors (Lipinski definition) is 0. The van der Waals surface area contributed by atoms with Gasteiger partial charge < -0.3 is 9.32 Å². The van der Waals surface area contributed by atoms with E-state index >= 15 is 0 Å². The van der Waals surface area contributed by atoms with Crippen molar-refractivity contribution >= 4 is 29.6 Å². The zero-order valence-electron chi connectivity index (χ0n) is 2.46. The molecular weight excluding hydrogens is 136 g/mol. The van der Waals surface area contributed by atoms with E-state index in [2.05, 4.69) is 4.39 Å². The van der Waals surface area contributed by atoms with Crippen molar-refractivity contribution < 1.29 is 24.5 Å². The molecular formula is HClNNaO4. The van der Waals surface area contributed by atoms with E-state index in [1.54, 1.807) is 5.34 Å². The molecule has 0 atom stereocenters. The molecule has 0 aromatic carbocycles. The second kappa shape index (κ2) is 6.61. The molecule has 0 aromatic heterocycles. The Bertz CT molecular complexity index is 47.0. The Hall–Kier alpha value is 0.610. The van der Waals surface area contributed by atoms with Gasteiger partial charge in [0.1, 0.15) is 0 Å². The Balaban J connectivity index is 0. The first kappa shape index (κ1) is 10.6. The van der Waals surface area contributed by atoms with Crippen LogP contribution in [0.3, 0.4) is 0 Å². The first-order valence-corrected chi connectivity index (χ1v) is 1.75. The molecule has 0 bridgehead atoms. The molecule has 7 heavy (non-hydrogen) atoms. The Morgan fingerprint density at radius 2 is 2.00 bits per heavy atom. The summed E-state index contributed by atoms with van der Waals surface area (Å²) in [6.07, 6.45) is 0. The van der Waals surface area contributed by atoms with Crippen LogP contribution in [-0.4, -0.2) is 29.6 Å². The maximum atomic E-state index is 9.05. The third-order valence-electron chi connectivity index (χ3n) is 0.0845. The van der Waals surface area contributed by atoms with Crippen molar-refractivity contribution in [2.75, 3.05) is 0 Å². The molecule has 7 heteroatoms. The Labute approximate surface area is 64.3 Å². The molecule has 38 valence electrons. The van der Waals surface area contributed by atoms with Crippen molar-refractivity contribution in [3.05, 3.63) is 4.91 Å². The molecule has 5 nitrogen and oxygen atoms in total. The van der Waals surface area contributed by atoms with E-state index in [9.17, 15) is 0 Å².